The maximum Gasteiger partial charge on any atom is 0.0390 e. The lowest BCUT2D eigenvalue weighted by Crippen LogP contribution is -2.27. The smallest absolute Gasteiger partial charge is 0.0390 e. The molecule has 3 rings (SSSR count). The standard InChI is InChI=1S/C11H16N2/c1-2-9(12-7-1)8-13-10-3-4-11(13)6-5-10/h1-2,7,10-12H,3-6,8H2. The zero-order valence-electron chi connectivity index (χ0n) is 7.87. The summed E-state index contributed by atoms with van der Waals surface area (Å²) in [4.78, 5) is 5.98. The Hall–Kier alpha value is -0.760. The summed E-state index contributed by atoms with van der Waals surface area (Å²) in [6, 6.07) is 6.08. The molecule has 13 heavy (non-hydrogen) atoms. The van der Waals surface area contributed by atoms with E-state index in [-0.39, 0.29) is 0 Å². The van der Waals surface area contributed by atoms with Gasteiger partial charge in [0, 0.05) is 30.5 Å². The second-order valence-electron chi connectivity index (χ2n) is 4.33. The second-order valence-corrected chi connectivity index (χ2v) is 4.33. The molecule has 1 aromatic rings. The quantitative estimate of drug-likeness (QED) is 0.731. The van der Waals surface area contributed by atoms with E-state index in [0.29, 0.717) is 0 Å². The Bertz CT molecular complexity index is 258. The molecule has 3 heterocycles. The van der Waals surface area contributed by atoms with Crippen LogP contribution in [0, 0.1) is 0 Å². The molecule has 0 atom stereocenters. The van der Waals surface area contributed by atoms with Crippen LogP contribution in [0.5, 0.6) is 0 Å². The van der Waals surface area contributed by atoms with Gasteiger partial charge in [-0.05, 0) is 37.8 Å². The molecule has 2 aliphatic heterocycles. The number of fused-ring (bicyclic) bond motifs is 2. The molecule has 70 valence electrons. The predicted molar refractivity (Wildman–Crippen MR) is 52.4 cm³/mol. The van der Waals surface area contributed by atoms with E-state index in [1.54, 1.807) is 0 Å². The van der Waals surface area contributed by atoms with Crippen LogP contribution in [0.15, 0.2) is 18.3 Å². The normalized spacial score (nSPS) is 32.9. The molecular weight excluding hydrogens is 160 g/mol. The van der Waals surface area contributed by atoms with Gasteiger partial charge in [0.05, 0.1) is 0 Å². The number of aromatic amines is 1. The fourth-order valence-electron chi connectivity index (χ4n) is 2.94. The highest BCUT2D eigenvalue weighted by molar-refractivity contribution is 5.06. The molecule has 1 aromatic heterocycles. The van der Waals surface area contributed by atoms with E-state index in [2.05, 4.69) is 22.0 Å². The summed E-state index contributed by atoms with van der Waals surface area (Å²) >= 11 is 0. The van der Waals surface area contributed by atoms with Gasteiger partial charge in [0.25, 0.3) is 0 Å². The monoisotopic (exact) mass is 176 g/mol. The molecule has 2 bridgehead atoms. The van der Waals surface area contributed by atoms with Crippen molar-refractivity contribution >= 4 is 0 Å². The lowest BCUT2D eigenvalue weighted by Gasteiger charge is -2.20. The molecular formula is C11H16N2. The molecule has 1 N–H and O–H groups in total. The topological polar surface area (TPSA) is 19.0 Å². The summed E-state index contributed by atoms with van der Waals surface area (Å²) in [6.45, 7) is 1.14. The minimum absolute atomic E-state index is 0.897. The maximum absolute atomic E-state index is 3.29. The number of rotatable bonds is 2. The fourth-order valence-corrected chi connectivity index (χ4v) is 2.94. The molecule has 0 unspecified atom stereocenters. The Labute approximate surface area is 78.9 Å². The van der Waals surface area contributed by atoms with Gasteiger partial charge in [-0.15, -0.1) is 0 Å². The highest BCUT2D eigenvalue weighted by Gasteiger charge is 2.38. The third-order valence-corrected chi connectivity index (χ3v) is 3.62. The number of hydrogen-bond donors (Lipinski definition) is 1. The van der Waals surface area contributed by atoms with Crippen LogP contribution in [0.25, 0.3) is 0 Å². The first-order valence-corrected chi connectivity index (χ1v) is 5.31. The minimum atomic E-state index is 0.897. The first-order valence-electron chi connectivity index (χ1n) is 5.31. The molecule has 0 aliphatic carbocycles. The molecule has 0 aromatic carbocycles. The van der Waals surface area contributed by atoms with Crippen molar-refractivity contribution in [1.29, 1.82) is 0 Å². The van der Waals surface area contributed by atoms with Crippen molar-refractivity contribution in [3.05, 3.63) is 24.0 Å². The third kappa shape index (κ3) is 1.20. The zero-order chi connectivity index (χ0) is 8.67. The first-order chi connectivity index (χ1) is 6.43. The fraction of sp³-hybridized carbons (Fsp3) is 0.636. The van der Waals surface area contributed by atoms with Crippen LogP contribution >= 0.6 is 0 Å². The molecule has 0 amide bonds. The highest BCUT2D eigenvalue weighted by atomic mass is 15.2. The van der Waals surface area contributed by atoms with E-state index in [0.717, 1.165) is 18.6 Å². The van der Waals surface area contributed by atoms with E-state index in [1.165, 1.54) is 31.4 Å². The average Bonchev–Trinajstić information content (AvgIpc) is 2.85. The van der Waals surface area contributed by atoms with Gasteiger partial charge >= 0.3 is 0 Å². The summed E-state index contributed by atoms with van der Waals surface area (Å²) in [5.74, 6) is 0. The molecule has 2 nitrogen and oxygen atoms in total. The summed E-state index contributed by atoms with van der Waals surface area (Å²) in [7, 11) is 0. The lowest BCUT2D eigenvalue weighted by atomic mass is 10.0. The van der Waals surface area contributed by atoms with Crippen LogP contribution in [0.4, 0.5) is 0 Å². The van der Waals surface area contributed by atoms with E-state index in [9.17, 15) is 0 Å². The number of H-pyrrole nitrogens is 1. The van der Waals surface area contributed by atoms with Crippen LogP contribution < -0.4 is 0 Å². The largest absolute Gasteiger partial charge is 0.364 e. The Morgan fingerprint density at radius 1 is 1.23 bits per heavy atom. The van der Waals surface area contributed by atoms with Crippen molar-refractivity contribution in [3.63, 3.8) is 0 Å². The van der Waals surface area contributed by atoms with Crippen molar-refractivity contribution in [2.24, 2.45) is 0 Å². The minimum Gasteiger partial charge on any atom is -0.364 e. The van der Waals surface area contributed by atoms with E-state index < -0.39 is 0 Å². The van der Waals surface area contributed by atoms with Crippen LogP contribution in [0.1, 0.15) is 31.4 Å². The Morgan fingerprint density at radius 2 is 1.92 bits per heavy atom. The van der Waals surface area contributed by atoms with Crippen molar-refractivity contribution in [2.75, 3.05) is 0 Å². The van der Waals surface area contributed by atoms with Gasteiger partial charge in [-0.2, -0.15) is 0 Å². The molecule has 2 saturated heterocycles. The Kier molecular flexibility index (Phi) is 1.69. The highest BCUT2D eigenvalue weighted by Crippen LogP contribution is 2.38. The molecule has 2 aliphatic rings. The number of nitrogens with zero attached hydrogens (tertiary/aromatic N) is 1. The van der Waals surface area contributed by atoms with Gasteiger partial charge in [-0.3, -0.25) is 4.90 Å². The Morgan fingerprint density at radius 3 is 2.46 bits per heavy atom. The summed E-state index contributed by atoms with van der Waals surface area (Å²) < 4.78 is 0. The SMILES string of the molecule is c1c[nH]c(CN2C3CCC2CC3)c1. The van der Waals surface area contributed by atoms with Gasteiger partial charge in [0.15, 0.2) is 0 Å². The molecule has 0 spiro atoms. The van der Waals surface area contributed by atoms with Gasteiger partial charge in [-0.25, -0.2) is 0 Å². The van der Waals surface area contributed by atoms with Gasteiger partial charge in [0.2, 0.25) is 0 Å². The summed E-state index contributed by atoms with van der Waals surface area (Å²) in [5.41, 5.74) is 1.37. The second kappa shape index (κ2) is 2.88. The van der Waals surface area contributed by atoms with Crippen LogP contribution in [0.2, 0.25) is 0 Å². The summed E-state index contributed by atoms with van der Waals surface area (Å²) in [5, 5.41) is 0. The number of nitrogens with one attached hydrogen (secondary N) is 1. The van der Waals surface area contributed by atoms with Crippen LogP contribution in [-0.4, -0.2) is 22.0 Å². The molecule has 2 fully saturated rings. The average molecular weight is 176 g/mol. The van der Waals surface area contributed by atoms with Crippen molar-refractivity contribution in [3.8, 4) is 0 Å². The predicted octanol–water partition coefficient (Wildman–Crippen LogP) is 2.14. The van der Waals surface area contributed by atoms with E-state index in [4.69, 9.17) is 0 Å². The van der Waals surface area contributed by atoms with Gasteiger partial charge < -0.3 is 4.98 Å². The molecule has 2 heteroatoms. The van der Waals surface area contributed by atoms with Gasteiger partial charge in [0.1, 0.15) is 0 Å². The summed E-state index contributed by atoms with van der Waals surface area (Å²) in [6.07, 6.45) is 7.76. The van der Waals surface area contributed by atoms with Crippen molar-refractivity contribution < 1.29 is 0 Å². The number of aromatic nitrogens is 1. The van der Waals surface area contributed by atoms with E-state index >= 15 is 0 Å². The van der Waals surface area contributed by atoms with Crippen molar-refractivity contribution in [2.45, 2.75) is 44.3 Å². The molecule has 0 saturated carbocycles. The lowest BCUT2D eigenvalue weighted by molar-refractivity contribution is 0.241. The molecule has 0 radical (unpaired) electrons. The number of hydrogen-bond acceptors (Lipinski definition) is 1. The van der Waals surface area contributed by atoms with Crippen LogP contribution in [-0.2, 0) is 6.54 Å². The third-order valence-electron chi connectivity index (χ3n) is 3.62. The maximum atomic E-state index is 3.29. The van der Waals surface area contributed by atoms with Crippen LogP contribution in [0.3, 0.4) is 0 Å². The zero-order valence-corrected chi connectivity index (χ0v) is 7.87. The van der Waals surface area contributed by atoms with Gasteiger partial charge in [-0.1, -0.05) is 0 Å². The van der Waals surface area contributed by atoms with Crippen molar-refractivity contribution in [1.82, 2.24) is 9.88 Å². The van der Waals surface area contributed by atoms with E-state index in [1.807, 2.05) is 6.20 Å². The Balaban J connectivity index is 1.73. The first kappa shape index (κ1) is 7.63.